The minimum Gasteiger partial charge on any atom is -0.489 e. The first-order chi connectivity index (χ1) is 9.89. The molecule has 0 amide bonds. The molecule has 2 rings (SSSR count). The lowest BCUT2D eigenvalue weighted by Gasteiger charge is -2.18. The number of rotatable bonds is 5. The molecule has 1 fully saturated rings. The summed E-state index contributed by atoms with van der Waals surface area (Å²) < 4.78 is 41.9. The van der Waals surface area contributed by atoms with E-state index in [9.17, 15) is 18.0 Å². The number of hydrogen-bond donors (Lipinski definition) is 2. The van der Waals surface area contributed by atoms with Crippen LogP contribution >= 0.6 is 0 Å². The zero-order chi connectivity index (χ0) is 15.5. The van der Waals surface area contributed by atoms with Gasteiger partial charge in [-0.3, -0.25) is 9.69 Å². The van der Waals surface area contributed by atoms with Gasteiger partial charge in [-0.15, -0.1) is 0 Å². The zero-order valence-corrected chi connectivity index (χ0v) is 11.5. The summed E-state index contributed by atoms with van der Waals surface area (Å²) in [6.07, 6.45) is -2.24. The van der Waals surface area contributed by atoms with Gasteiger partial charge in [-0.1, -0.05) is 0 Å². The van der Waals surface area contributed by atoms with Crippen LogP contribution in [0.5, 0.6) is 5.75 Å². The topological polar surface area (TPSA) is 70.2 Å². The second-order valence-electron chi connectivity index (χ2n) is 5.00. The Morgan fingerprint density at radius 2 is 2.33 bits per heavy atom. The average molecular weight is 306 g/mol. The largest absolute Gasteiger partial charge is 0.489 e. The molecular formula is C12H17F3N4O2. The van der Waals surface area contributed by atoms with Crippen LogP contribution in [0.1, 0.15) is 6.42 Å². The number of H-pyrrole nitrogens is 1. The standard InChI is InChI=1S/C12H17F3N4O2/c1-21-9-10(17-7-18-11(9)20)16-4-8-2-3-19(5-8)6-12(13,14)15/h7-8H,2-6H2,1H3,(H2,16,17,18,20). The van der Waals surface area contributed by atoms with Crippen molar-refractivity contribution in [2.45, 2.75) is 12.6 Å². The van der Waals surface area contributed by atoms with Gasteiger partial charge in [-0.25, -0.2) is 4.98 Å². The first kappa shape index (κ1) is 15.6. The second-order valence-corrected chi connectivity index (χ2v) is 5.00. The molecule has 0 saturated carbocycles. The number of ether oxygens (including phenoxy) is 1. The van der Waals surface area contributed by atoms with Crippen molar-refractivity contribution in [1.29, 1.82) is 0 Å². The Morgan fingerprint density at radius 3 is 3.00 bits per heavy atom. The molecule has 2 heterocycles. The summed E-state index contributed by atoms with van der Waals surface area (Å²) in [7, 11) is 1.36. The van der Waals surface area contributed by atoms with E-state index in [1.807, 2.05) is 0 Å². The molecule has 1 unspecified atom stereocenters. The van der Waals surface area contributed by atoms with E-state index in [0.29, 0.717) is 31.9 Å². The van der Waals surface area contributed by atoms with Crippen molar-refractivity contribution in [2.75, 3.05) is 38.6 Å². The maximum absolute atomic E-state index is 12.3. The first-order valence-electron chi connectivity index (χ1n) is 6.53. The van der Waals surface area contributed by atoms with Gasteiger partial charge in [0.05, 0.1) is 20.0 Å². The molecule has 0 aliphatic carbocycles. The summed E-state index contributed by atoms with van der Waals surface area (Å²) in [5.74, 6) is 0.455. The summed E-state index contributed by atoms with van der Waals surface area (Å²) in [6.45, 7) is 0.362. The number of nitrogens with one attached hydrogen (secondary N) is 2. The minimum atomic E-state index is -4.17. The van der Waals surface area contributed by atoms with Gasteiger partial charge >= 0.3 is 6.18 Å². The van der Waals surface area contributed by atoms with Crippen molar-refractivity contribution in [3.63, 3.8) is 0 Å². The van der Waals surface area contributed by atoms with Gasteiger partial charge in [0.25, 0.3) is 5.56 Å². The van der Waals surface area contributed by atoms with E-state index in [4.69, 9.17) is 4.74 Å². The number of methoxy groups -OCH3 is 1. The summed E-state index contributed by atoms with van der Waals surface area (Å²) >= 11 is 0. The van der Waals surface area contributed by atoms with Crippen molar-refractivity contribution in [3.8, 4) is 5.75 Å². The molecular weight excluding hydrogens is 289 g/mol. The van der Waals surface area contributed by atoms with Crippen molar-refractivity contribution < 1.29 is 17.9 Å². The van der Waals surface area contributed by atoms with Crippen molar-refractivity contribution in [3.05, 3.63) is 16.7 Å². The maximum atomic E-state index is 12.3. The van der Waals surface area contributed by atoms with E-state index in [1.54, 1.807) is 0 Å². The molecule has 2 N–H and O–H groups in total. The van der Waals surface area contributed by atoms with Crippen LogP contribution in [0.4, 0.5) is 19.0 Å². The summed E-state index contributed by atoms with van der Waals surface area (Å²) in [6, 6.07) is 0. The van der Waals surface area contributed by atoms with Gasteiger partial charge in [-0.05, 0) is 18.9 Å². The predicted molar refractivity (Wildman–Crippen MR) is 70.5 cm³/mol. The summed E-state index contributed by atoms with van der Waals surface area (Å²) in [4.78, 5) is 19.2. The third-order valence-corrected chi connectivity index (χ3v) is 3.35. The zero-order valence-electron chi connectivity index (χ0n) is 11.5. The molecule has 0 aromatic carbocycles. The molecule has 1 aliphatic heterocycles. The Kier molecular flexibility index (Phi) is 4.71. The van der Waals surface area contributed by atoms with E-state index in [2.05, 4.69) is 15.3 Å². The molecule has 118 valence electrons. The van der Waals surface area contributed by atoms with Gasteiger partial charge in [-0.2, -0.15) is 13.2 Å². The third-order valence-electron chi connectivity index (χ3n) is 3.35. The summed E-state index contributed by atoms with van der Waals surface area (Å²) in [5, 5.41) is 2.97. The van der Waals surface area contributed by atoms with Crippen molar-refractivity contribution in [1.82, 2.24) is 14.9 Å². The molecule has 1 aliphatic rings. The smallest absolute Gasteiger partial charge is 0.401 e. The molecule has 1 atom stereocenters. The van der Waals surface area contributed by atoms with E-state index < -0.39 is 18.3 Å². The molecule has 1 aromatic heterocycles. The lowest BCUT2D eigenvalue weighted by Crippen LogP contribution is -2.33. The Bertz CT molecular complexity index is 532. The van der Waals surface area contributed by atoms with Crippen LogP contribution in [0.15, 0.2) is 11.1 Å². The third kappa shape index (κ3) is 4.35. The SMILES string of the molecule is COc1c(NCC2CCN(CC(F)(F)F)C2)nc[nH]c1=O. The highest BCUT2D eigenvalue weighted by Gasteiger charge is 2.34. The van der Waals surface area contributed by atoms with E-state index in [0.717, 1.165) is 0 Å². The number of likely N-dealkylation sites (tertiary alicyclic amines) is 1. The number of halogens is 3. The van der Waals surface area contributed by atoms with Gasteiger partial charge in [0.1, 0.15) is 0 Å². The Labute approximate surface area is 119 Å². The van der Waals surface area contributed by atoms with Crippen LogP contribution in [-0.4, -0.2) is 54.3 Å². The number of aromatic nitrogens is 2. The highest BCUT2D eigenvalue weighted by Crippen LogP contribution is 2.23. The van der Waals surface area contributed by atoms with Gasteiger partial charge in [0.2, 0.25) is 5.75 Å². The monoisotopic (exact) mass is 306 g/mol. The van der Waals surface area contributed by atoms with Crippen LogP contribution in [-0.2, 0) is 0 Å². The van der Waals surface area contributed by atoms with Crippen LogP contribution < -0.4 is 15.6 Å². The number of nitrogens with zero attached hydrogens (tertiary/aromatic N) is 2. The molecule has 1 aromatic rings. The van der Waals surface area contributed by atoms with E-state index in [1.165, 1.54) is 18.3 Å². The Balaban J connectivity index is 1.88. The van der Waals surface area contributed by atoms with E-state index in [-0.39, 0.29) is 11.7 Å². The van der Waals surface area contributed by atoms with Gasteiger partial charge < -0.3 is 15.0 Å². The van der Waals surface area contributed by atoms with Crippen LogP contribution in [0, 0.1) is 5.92 Å². The van der Waals surface area contributed by atoms with E-state index >= 15 is 0 Å². The molecule has 0 bridgehead atoms. The van der Waals surface area contributed by atoms with Crippen molar-refractivity contribution in [2.24, 2.45) is 5.92 Å². The minimum absolute atomic E-state index is 0.0719. The fourth-order valence-corrected chi connectivity index (χ4v) is 2.42. The van der Waals surface area contributed by atoms with Crippen molar-refractivity contribution >= 4 is 5.82 Å². The fraction of sp³-hybridized carbons (Fsp3) is 0.667. The molecule has 9 heteroatoms. The number of aromatic amines is 1. The number of hydrogen-bond acceptors (Lipinski definition) is 5. The fourth-order valence-electron chi connectivity index (χ4n) is 2.42. The van der Waals surface area contributed by atoms with Crippen LogP contribution in [0.2, 0.25) is 0 Å². The Hall–Kier alpha value is -1.77. The maximum Gasteiger partial charge on any atom is 0.401 e. The quantitative estimate of drug-likeness (QED) is 0.852. The van der Waals surface area contributed by atoms with Crippen LogP contribution in [0.25, 0.3) is 0 Å². The first-order valence-corrected chi connectivity index (χ1v) is 6.53. The lowest BCUT2D eigenvalue weighted by molar-refractivity contribution is -0.143. The average Bonchev–Trinajstić information content (AvgIpc) is 2.81. The molecule has 6 nitrogen and oxygen atoms in total. The molecule has 0 radical (unpaired) electrons. The Morgan fingerprint density at radius 1 is 1.57 bits per heavy atom. The number of anilines is 1. The highest BCUT2D eigenvalue weighted by atomic mass is 19.4. The van der Waals surface area contributed by atoms with Crippen LogP contribution in [0.3, 0.4) is 0 Å². The van der Waals surface area contributed by atoms with Gasteiger partial charge in [0.15, 0.2) is 5.82 Å². The highest BCUT2D eigenvalue weighted by molar-refractivity contribution is 5.47. The van der Waals surface area contributed by atoms with Gasteiger partial charge in [0, 0.05) is 13.1 Å². The normalized spacial score (nSPS) is 19.7. The molecule has 0 spiro atoms. The summed E-state index contributed by atoms with van der Waals surface area (Å²) in [5.41, 5.74) is -0.403. The molecule has 1 saturated heterocycles. The number of alkyl halides is 3. The molecule has 21 heavy (non-hydrogen) atoms. The second kappa shape index (κ2) is 6.33. The lowest BCUT2D eigenvalue weighted by atomic mass is 10.1. The predicted octanol–water partition coefficient (Wildman–Crippen LogP) is 1.07.